The molecule has 2 unspecified atom stereocenters. The summed E-state index contributed by atoms with van der Waals surface area (Å²) in [5, 5.41) is 12.1. The predicted molar refractivity (Wildman–Crippen MR) is 130 cm³/mol. The van der Waals surface area contributed by atoms with Crippen LogP contribution in [0.2, 0.25) is 0 Å². The third-order valence-electron chi connectivity index (χ3n) is 8.26. The molecule has 5 aliphatic rings. The summed E-state index contributed by atoms with van der Waals surface area (Å²) in [6, 6.07) is 20.9. The van der Waals surface area contributed by atoms with Crippen LogP contribution in [0.25, 0.3) is 0 Å². The topological polar surface area (TPSA) is 90.0 Å². The number of aromatic carboxylic acids is 1. The normalized spacial score (nSPS) is 26.0. The first-order valence-corrected chi connectivity index (χ1v) is 12.3. The van der Waals surface area contributed by atoms with Crippen molar-refractivity contribution in [2.45, 2.75) is 11.8 Å². The Kier molecular flexibility index (Phi) is 4.60. The number of nitrogens with zero attached hydrogens (tertiary/aromatic N) is 2. The number of hydrogen-bond acceptors (Lipinski definition) is 6. The minimum atomic E-state index is -1.34. The van der Waals surface area contributed by atoms with Crippen LogP contribution in [-0.4, -0.2) is 44.1 Å². The highest BCUT2D eigenvalue weighted by Crippen LogP contribution is 2.61. The first-order chi connectivity index (χ1) is 17.6. The molecule has 2 heterocycles. The molecule has 36 heavy (non-hydrogen) atoms. The lowest BCUT2D eigenvalue weighted by Crippen LogP contribution is -2.41. The lowest BCUT2D eigenvalue weighted by molar-refractivity contribution is -0.255. The molecule has 2 fully saturated rings. The minimum absolute atomic E-state index is 0.0283. The quantitative estimate of drug-likeness (QED) is 0.536. The van der Waals surface area contributed by atoms with Crippen LogP contribution in [-0.2, 0) is 14.3 Å². The Bertz CT molecular complexity index is 1330. The number of imide groups is 1. The Morgan fingerprint density at radius 2 is 1.28 bits per heavy atom. The van der Waals surface area contributed by atoms with Gasteiger partial charge in [-0.05, 0) is 40.5 Å². The van der Waals surface area contributed by atoms with Gasteiger partial charge >= 0.3 is 0 Å². The average molecular weight is 480 g/mol. The van der Waals surface area contributed by atoms with Crippen molar-refractivity contribution in [1.29, 1.82) is 0 Å². The number of carboxylic acid groups (broad SMARTS) is 1. The van der Waals surface area contributed by atoms with Crippen molar-refractivity contribution in [3.05, 3.63) is 94.5 Å². The number of benzene rings is 3. The third kappa shape index (κ3) is 2.80. The average Bonchev–Trinajstić information content (AvgIpc) is 3.19. The molecule has 7 heteroatoms. The molecule has 2 atom stereocenters. The number of morpholine rings is 1. The highest BCUT2D eigenvalue weighted by Gasteiger charge is 2.61. The summed E-state index contributed by atoms with van der Waals surface area (Å²) >= 11 is 0. The van der Waals surface area contributed by atoms with Gasteiger partial charge in [0.05, 0.1) is 36.7 Å². The van der Waals surface area contributed by atoms with Crippen LogP contribution in [0, 0.1) is 11.8 Å². The van der Waals surface area contributed by atoms with Crippen LogP contribution >= 0.6 is 0 Å². The molecular formula is C29H23N2O5-. The number of anilines is 2. The van der Waals surface area contributed by atoms with Gasteiger partial charge in [-0.3, -0.25) is 9.59 Å². The number of amides is 2. The fraction of sp³-hybridized carbons (Fsp3) is 0.276. The Labute approximate surface area is 207 Å². The smallest absolute Gasteiger partial charge is 0.238 e. The molecule has 2 saturated heterocycles. The molecule has 0 spiro atoms. The van der Waals surface area contributed by atoms with E-state index in [2.05, 4.69) is 24.3 Å². The zero-order chi connectivity index (χ0) is 24.6. The van der Waals surface area contributed by atoms with Gasteiger partial charge in [-0.2, -0.15) is 0 Å². The van der Waals surface area contributed by atoms with Gasteiger partial charge < -0.3 is 19.5 Å². The fourth-order valence-corrected chi connectivity index (χ4v) is 6.84. The minimum Gasteiger partial charge on any atom is -0.545 e. The van der Waals surface area contributed by atoms with Crippen LogP contribution in [0.3, 0.4) is 0 Å². The second kappa shape index (κ2) is 7.77. The number of ether oxygens (including phenoxy) is 1. The first kappa shape index (κ1) is 21.3. The van der Waals surface area contributed by atoms with Crippen LogP contribution in [0.4, 0.5) is 11.4 Å². The van der Waals surface area contributed by atoms with Gasteiger partial charge in [-0.1, -0.05) is 48.5 Å². The summed E-state index contributed by atoms with van der Waals surface area (Å²) in [6.07, 6.45) is 0. The molecule has 7 nitrogen and oxygen atoms in total. The Morgan fingerprint density at radius 1 is 0.778 bits per heavy atom. The zero-order valence-corrected chi connectivity index (χ0v) is 19.4. The summed E-state index contributed by atoms with van der Waals surface area (Å²) in [7, 11) is 0. The summed E-state index contributed by atoms with van der Waals surface area (Å²) in [6.45, 7) is 2.13. The Balaban J connectivity index is 1.33. The van der Waals surface area contributed by atoms with Gasteiger partial charge in [0.2, 0.25) is 11.8 Å². The monoisotopic (exact) mass is 479 g/mol. The number of rotatable bonds is 3. The van der Waals surface area contributed by atoms with Crippen molar-refractivity contribution in [1.82, 2.24) is 0 Å². The summed E-state index contributed by atoms with van der Waals surface area (Å²) in [5.74, 6) is -3.33. The van der Waals surface area contributed by atoms with Gasteiger partial charge in [0.25, 0.3) is 0 Å². The van der Waals surface area contributed by atoms with Crippen molar-refractivity contribution in [2.24, 2.45) is 11.8 Å². The van der Waals surface area contributed by atoms with E-state index in [-0.39, 0.29) is 34.9 Å². The summed E-state index contributed by atoms with van der Waals surface area (Å²) < 4.78 is 5.39. The number of carbonyl (C=O) groups is 3. The number of carbonyl (C=O) groups excluding carboxylic acids is 3. The highest BCUT2D eigenvalue weighted by atomic mass is 16.5. The van der Waals surface area contributed by atoms with Gasteiger partial charge in [0.15, 0.2) is 0 Å². The van der Waals surface area contributed by atoms with E-state index in [1.165, 1.54) is 11.0 Å². The first-order valence-electron chi connectivity index (χ1n) is 12.3. The second-order valence-electron chi connectivity index (χ2n) is 9.86. The van der Waals surface area contributed by atoms with E-state index >= 15 is 0 Å². The maximum atomic E-state index is 13.9. The second-order valence-corrected chi connectivity index (χ2v) is 9.86. The molecule has 3 aromatic rings. The van der Waals surface area contributed by atoms with Crippen molar-refractivity contribution >= 4 is 29.2 Å². The van der Waals surface area contributed by atoms with Crippen LogP contribution < -0.4 is 14.9 Å². The molecule has 0 N–H and O–H groups in total. The largest absolute Gasteiger partial charge is 0.545 e. The van der Waals surface area contributed by atoms with Crippen LogP contribution in [0.1, 0.15) is 44.4 Å². The molecule has 180 valence electrons. The standard InChI is InChI=1S/C29H24N2O5/c32-27-25-23-17-5-1-2-6-18(17)24(20-8-4-3-7-19(20)23)26(25)28(33)31(27)16-9-10-22(21(15-16)29(34)35)30-11-13-36-14-12-30/h1-10,15,23-26H,11-14H2,(H,34,35)/p-1. The highest BCUT2D eigenvalue weighted by molar-refractivity contribution is 6.23. The van der Waals surface area contributed by atoms with E-state index < -0.39 is 17.8 Å². The molecule has 8 rings (SSSR count). The Hall–Kier alpha value is -3.97. The number of hydrogen-bond donors (Lipinski definition) is 0. The van der Waals surface area contributed by atoms with Crippen molar-refractivity contribution in [3.8, 4) is 0 Å². The van der Waals surface area contributed by atoms with E-state index in [1.54, 1.807) is 12.1 Å². The molecule has 2 aliphatic heterocycles. The van der Waals surface area contributed by atoms with Crippen molar-refractivity contribution in [3.63, 3.8) is 0 Å². The van der Waals surface area contributed by atoms with Crippen molar-refractivity contribution in [2.75, 3.05) is 36.1 Å². The molecular weight excluding hydrogens is 456 g/mol. The van der Waals surface area contributed by atoms with Crippen molar-refractivity contribution < 1.29 is 24.2 Å². The van der Waals surface area contributed by atoms with E-state index in [0.717, 1.165) is 22.3 Å². The maximum absolute atomic E-state index is 13.9. The fourth-order valence-electron chi connectivity index (χ4n) is 6.84. The molecule has 2 amide bonds. The van der Waals surface area contributed by atoms with E-state index in [9.17, 15) is 19.5 Å². The zero-order valence-electron chi connectivity index (χ0n) is 19.4. The maximum Gasteiger partial charge on any atom is 0.238 e. The summed E-state index contributed by atoms with van der Waals surface area (Å²) in [4.78, 5) is 43.1. The SMILES string of the molecule is O=C([O-])c1cc(N2C(=O)C3C4c5ccccc5C(c5ccccc54)C3C2=O)ccc1N1CCOCC1. The molecule has 0 aromatic heterocycles. The van der Waals surface area contributed by atoms with Crippen LogP contribution in [0.5, 0.6) is 0 Å². The van der Waals surface area contributed by atoms with E-state index in [1.807, 2.05) is 29.2 Å². The van der Waals surface area contributed by atoms with E-state index in [4.69, 9.17) is 4.74 Å². The molecule has 3 aromatic carbocycles. The van der Waals surface area contributed by atoms with Gasteiger partial charge in [-0.15, -0.1) is 0 Å². The molecule has 0 radical (unpaired) electrons. The van der Waals surface area contributed by atoms with Gasteiger partial charge in [0.1, 0.15) is 0 Å². The molecule has 0 saturated carbocycles. The summed E-state index contributed by atoms with van der Waals surface area (Å²) in [5.41, 5.74) is 5.17. The number of carboxylic acids is 1. The predicted octanol–water partition coefficient (Wildman–Crippen LogP) is 2.28. The van der Waals surface area contributed by atoms with E-state index in [0.29, 0.717) is 32.0 Å². The van der Waals surface area contributed by atoms with Gasteiger partial charge in [-0.25, -0.2) is 4.90 Å². The molecule has 2 bridgehead atoms. The molecule has 3 aliphatic carbocycles. The third-order valence-corrected chi connectivity index (χ3v) is 8.26. The van der Waals surface area contributed by atoms with Gasteiger partial charge in [0, 0.05) is 36.2 Å². The van der Waals surface area contributed by atoms with Crippen LogP contribution in [0.15, 0.2) is 66.7 Å². The lowest BCUT2D eigenvalue weighted by Gasteiger charge is -2.45. The Morgan fingerprint density at radius 3 is 1.75 bits per heavy atom. The lowest BCUT2D eigenvalue weighted by atomic mass is 9.55.